The fraction of sp³-hybridized carbons (Fsp3) is 0.231. The van der Waals surface area contributed by atoms with E-state index in [0.29, 0.717) is 6.42 Å². The lowest BCUT2D eigenvalue weighted by atomic mass is 10.0. The van der Waals surface area contributed by atoms with E-state index in [0.717, 1.165) is 16.2 Å². The number of nitrogens with one attached hydrogen (secondary N) is 1. The number of benzene rings is 1. The number of hydrogen-bond donors (Lipinski definition) is 1. The van der Waals surface area contributed by atoms with Crippen LogP contribution in [0.5, 0.6) is 0 Å². The van der Waals surface area contributed by atoms with Gasteiger partial charge < -0.3 is 0 Å². The molecule has 1 aliphatic heterocycles. The van der Waals surface area contributed by atoms with Crippen molar-refractivity contribution in [2.45, 2.75) is 21.6 Å². The predicted molar refractivity (Wildman–Crippen MR) is 79.1 cm³/mol. The van der Waals surface area contributed by atoms with Crippen molar-refractivity contribution in [2.75, 3.05) is 5.75 Å². The molecule has 2 aromatic rings. The van der Waals surface area contributed by atoms with Crippen LogP contribution in [0.25, 0.3) is 0 Å². The number of rotatable bonds is 3. The predicted octanol–water partition coefficient (Wildman–Crippen LogP) is 3.40. The maximum Gasteiger partial charge on any atom is 0.250 e. The molecule has 0 radical (unpaired) electrons. The molecule has 3 rings (SSSR count). The molecule has 1 unspecified atom stereocenters. The van der Waals surface area contributed by atoms with Crippen LogP contribution in [0.15, 0.2) is 44.8 Å². The van der Waals surface area contributed by atoms with Crippen molar-refractivity contribution in [1.82, 2.24) is 4.72 Å². The van der Waals surface area contributed by atoms with E-state index in [1.165, 1.54) is 23.5 Å². The smallest absolute Gasteiger partial charge is 0.207 e. The van der Waals surface area contributed by atoms with Gasteiger partial charge in [-0.15, -0.1) is 23.1 Å². The highest BCUT2D eigenvalue weighted by Crippen LogP contribution is 2.37. The molecule has 0 aliphatic carbocycles. The molecule has 0 saturated carbocycles. The summed E-state index contributed by atoms with van der Waals surface area (Å²) >= 11 is 2.80. The van der Waals surface area contributed by atoms with Gasteiger partial charge in [0.25, 0.3) is 10.0 Å². The zero-order valence-corrected chi connectivity index (χ0v) is 12.8. The number of thiophene rings is 1. The van der Waals surface area contributed by atoms with E-state index in [1.54, 1.807) is 35.3 Å². The Morgan fingerprint density at radius 2 is 2.15 bits per heavy atom. The second-order valence-corrected chi connectivity index (χ2v) is 8.45. The number of sulfonamides is 1. The summed E-state index contributed by atoms with van der Waals surface area (Å²) in [5.74, 6) is 0.475. The summed E-state index contributed by atoms with van der Waals surface area (Å²) in [6.07, 6.45) is 0.658. The minimum absolute atomic E-state index is 0.286. The third-order valence-electron chi connectivity index (χ3n) is 3.07. The second kappa shape index (κ2) is 5.48. The van der Waals surface area contributed by atoms with Crippen LogP contribution in [0.2, 0.25) is 0 Å². The summed E-state index contributed by atoms with van der Waals surface area (Å²) in [6, 6.07) is 7.43. The van der Waals surface area contributed by atoms with E-state index < -0.39 is 10.0 Å². The van der Waals surface area contributed by atoms with Crippen LogP contribution in [0, 0.1) is 5.82 Å². The Morgan fingerprint density at radius 1 is 1.30 bits per heavy atom. The van der Waals surface area contributed by atoms with Crippen molar-refractivity contribution in [2.24, 2.45) is 0 Å². The summed E-state index contributed by atoms with van der Waals surface area (Å²) in [6.45, 7) is 0. The maximum atomic E-state index is 13.4. The van der Waals surface area contributed by atoms with Gasteiger partial charge in [-0.25, -0.2) is 17.5 Å². The molecule has 0 fully saturated rings. The quantitative estimate of drug-likeness (QED) is 0.939. The molecule has 0 spiro atoms. The van der Waals surface area contributed by atoms with Crippen LogP contribution in [-0.2, 0) is 10.0 Å². The monoisotopic (exact) mass is 329 g/mol. The summed E-state index contributed by atoms with van der Waals surface area (Å²) < 4.78 is 40.9. The Labute approximate surface area is 125 Å². The van der Waals surface area contributed by atoms with Crippen LogP contribution < -0.4 is 4.72 Å². The first-order valence-corrected chi connectivity index (χ1v) is 9.39. The Kier molecular flexibility index (Phi) is 3.85. The van der Waals surface area contributed by atoms with Gasteiger partial charge in [0.1, 0.15) is 10.0 Å². The fourth-order valence-electron chi connectivity index (χ4n) is 2.15. The van der Waals surface area contributed by atoms with Crippen LogP contribution >= 0.6 is 23.1 Å². The van der Waals surface area contributed by atoms with Crippen molar-refractivity contribution in [3.05, 3.63) is 47.1 Å². The van der Waals surface area contributed by atoms with Gasteiger partial charge in [0.05, 0.1) is 0 Å². The van der Waals surface area contributed by atoms with E-state index in [4.69, 9.17) is 0 Å². The fourth-order valence-corrected chi connectivity index (χ4v) is 5.51. The second-order valence-electron chi connectivity index (χ2n) is 4.43. The standard InChI is InChI=1S/C13H12FNO2S3/c14-9-3-4-12-10(8-9)11(5-7-18-12)15-20(16,17)13-2-1-6-19-13/h1-4,6,8,11,15H,5,7H2. The average Bonchev–Trinajstić information content (AvgIpc) is 2.94. The van der Waals surface area contributed by atoms with Crippen molar-refractivity contribution in [3.63, 3.8) is 0 Å². The minimum Gasteiger partial charge on any atom is -0.207 e. The topological polar surface area (TPSA) is 46.2 Å². The third-order valence-corrected chi connectivity index (χ3v) is 7.06. The lowest BCUT2D eigenvalue weighted by Gasteiger charge is -2.25. The maximum absolute atomic E-state index is 13.4. The zero-order valence-electron chi connectivity index (χ0n) is 10.4. The molecule has 1 N–H and O–H groups in total. The van der Waals surface area contributed by atoms with Gasteiger partial charge in [0.15, 0.2) is 0 Å². The van der Waals surface area contributed by atoms with Gasteiger partial charge >= 0.3 is 0 Å². The summed E-state index contributed by atoms with van der Waals surface area (Å²) in [5, 5.41) is 1.72. The SMILES string of the molecule is O=S(=O)(NC1CCSc2ccc(F)cc21)c1cccs1. The van der Waals surface area contributed by atoms with E-state index in [9.17, 15) is 12.8 Å². The average molecular weight is 329 g/mol. The zero-order chi connectivity index (χ0) is 14.2. The largest absolute Gasteiger partial charge is 0.250 e. The molecule has 3 nitrogen and oxygen atoms in total. The number of halogens is 1. The van der Waals surface area contributed by atoms with Crippen LogP contribution in [0.4, 0.5) is 4.39 Å². The van der Waals surface area contributed by atoms with Crippen LogP contribution in [0.1, 0.15) is 18.0 Å². The van der Waals surface area contributed by atoms with E-state index in [1.807, 2.05) is 0 Å². The Bertz CT molecular complexity index is 713. The van der Waals surface area contributed by atoms with Gasteiger partial charge in [0.2, 0.25) is 0 Å². The Morgan fingerprint density at radius 3 is 2.90 bits per heavy atom. The van der Waals surface area contributed by atoms with Gasteiger partial charge in [-0.2, -0.15) is 0 Å². The highest BCUT2D eigenvalue weighted by atomic mass is 32.2. The molecular formula is C13H12FNO2S3. The molecule has 1 aromatic heterocycles. The minimum atomic E-state index is -3.54. The molecule has 0 amide bonds. The van der Waals surface area contributed by atoms with Gasteiger partial charge in [-0.05, 0) is 47.4 Å². The summed E-state index contributed by atoms with van der Waals surface area (Å²) in [5.41, 5.74) is 0.724. The first kappa shape index (κ1) is 14.1. The highest BCUT2D eigenvalue weighted by Gasteiger charge is 2.27. The van der Waals surface area contributed by atoms with Gasteiger partial charge in [-0.1, -0.05) is 6.07 Å². The van der Waals surface area contributed by atoms with E-state index in [2.05, 4.69) is 4.72 Å². The molecule has 2 heterocycles. The normalized spacial score (nSPS) is 18.8. The van der Waals surface area contributed by atoms with Gasteiger partial charge in [-0.3, -0.25) is 0 Å². The van der Waals surface area contributed by atoms with Crippen molar-refractivity contribution in [1.29, 1.82) is 0 Å². The molecule has 1 aromatic carbocycles. The van der Waals surface area contributed by atoms with Gasteiger partial charge in [0, 0.05) is 10.9 Å². The highest BCUT2D eigenvalue weighted by molar-refractivity contribution is 7.99. The number of fused-ring (bicyclic) bond motifs is 1. The molecule has 1 aliphatic rings. The van der Waals surface area contributed by atoms with E-state index in [-0.39, 0.29) is 16.1 Å². The summed E-state index contributed by atoms with van der Waals surface area (Å²) in [7, 11) is -3.54. The number of thioether (sulfide) groups is 1. The van der Waals surface area contributed by atoms with Crippen molar-refractivity contribution >= 4 is 33.1 Å². The molecular weight excluding hydrogens is 317 g/mol. The van der Waals surface area contributed by atoms with E-state index >= 15 is 0 Å². The van der Waals surface area contributed by atoms with Crippen molar-refractivity contribution < 1.29 is 12.8 Å². The number of hydrogen-bond acceptors (Lipinski definition) is 4. The molecule has 0 bridgehead atoms. The summed E-state index contributed by atoms with van der Waals surface area (Å²) in [4.78, 5) is 0.941. The lowest BCUT2D eigenvalue weighted by Crippen LogP contribution is -2.30. The molecule has 20 heavy (non-hydrogen) atoms. The Hall–Kier alpha value is -0.890. The molecule has 106 valence electrons. The first-order chi connectivity index (χ1) is 9.56. The molecule has 0 saturated heterocycles. The Balaban J connectivity index is 1.92. The van der Waals surface area contributed by atoms with Crippen molar-refractivity contribution in [3.8, 4) is 0 Å². The first-order valence-electron chi connectivity index (χ1n) is 6.04. The van der Waals surface area contributed by atoms with Crippen LogP contribution in [-0.4, -0.2) is 14.2 Å². The van der Waals surface area contributed by atoms with Crippen LogP contribution in [0.3, 0.4) is 0 Å². The lowest BCUT2D eigenvalue weighted by molar-refractivity contribution is 0.543. The third kappa shape index (κ3) is 2.76. The molecule has 7 heteroatoms. The molecule has 1 atom stereocenters.